The van der Waals surface area contributed by atoms with E-state index in [4.69, 9.17) is 4.98 Å². The molecule has 0 N–H and O–H groups in total. The lowest BCUT2D eigenvalue weighted by Gasteiger charge is -2.35. The average Bonchev–Trinajstić information content (AvgIpc) is 2.80. The number of rotatable bonds is 5. The smallest absolute Gasteiger partial charge is 0.140 e. The number of nitrogens with zero attached hydrogens (tertiary/aromatic N) is 3. The van der Waals surface area contributed by atoms with Crippen LogP contribution in [0.1, 0.15) is 29.2 Å². The van der Waals surface area contributed by atoms with Crippen molar-refractivity contribution in [1.29, 1.82) is 0 Å². The van der Waals surface area contributed by atoms with Crippen LogP contribution >= 0.6 is 0 Å². The molecule has 1 aromatic heterocycles. The summed E-state index contributed by atoms with van der Waals surface area (Å²) < 4.78 is 0. The first kappa shape index (κ1) is 18.8. The van der Waals surface area contributed by atoms with Crippen molar-refractivity contribution in [2.75, 3.05) is 18.0 Å². The largest absolute Gasteiger partial charge is 0.328 e. The maximum Gasteiger partial charge on any atom is 0.140 e. The van der Waals surface area contributed by atoms with E-state index in [-0.39, 0.29) is 0 Å². The van der Waals surface area contributed by atoms with E-state index in [0.717, 1.165) is 38.4 Å². The third-order valence-corrected chi connectivity index (χ3v) is 5.99. The van der Waals surface area contributed by atoms with Crippen LogP contribution in [0.25, 0.3) is 5.57 Å². The van der Waals surface area contributed by atoms with Crippen molar-refractivity contribution >= 4 is 11.4 Å². The lowest BCUT2D eigenvalue weighted by molar-refractivity contribution is 0.317. The molecule has 0 saturated heterocycles. The quantitative estimate of drug-likeness (QED) is 0.575. The molecule has 0 amide bonds. The summed E-state index contributed by atoms with van der Waals surface area (Å²) in [5.41, 5.74) is 8.02. The fourth-order valence-electron chi connectivity index (χ4n) is 4.38. The minimum Gasteiger partial charge on any atom is -0.328 e. The highest BCUT2D eigenvalue weighted by molar-refractivity contribution is 5.89. The van der Waals surface area contributed by atoms with Crippen molar-refractivity contribution in [1.82, 2.24) is 9.88 Å². The van der Waals surface area contributed by atoms with Gasteiger partial charge in [-0.2, -0.15) is 0 Å². The second-order valence-corrected chi connectivity index (χ2v) is 8.10. The van der Waals surface area contributed by atoms with E-state index >= 15 is 0 Å². The molecular formula is C27H27N3. The van der Waals surface area contributed by atoms with Gasteiger partial charge in [-0.05, 0) is 46.4 Å². The van der Waals surface area contributed by atoms with Gasteiger partial charge in [0.2, 0.25) is 0 Å². The van der Waals surface area contributed by atoms with Gasteiger partial charge in [-0.25, -0.2) is 4.98 Å². The number of aryl methyl sites for hydroxylation is 1. The van der Waals surface area contributed by atoms with Gasteiger partial charge in [0.05, 0.1) is 0 Å². The summed E-state index contributed by atoms with van der Waals surface area (Å²) in [7, 11) is 0. The highest BCUT2D eigenvalue weighted by Gasteiger charge is 2.27. The normalized spacial score (nSPS) is 15.8. The predicted molar refractivity (Wildman–Crippen MR) is 124 cm³/mol. The molecule has 0 atom stereocenters. The van der Waals surface area contributed by atoms with E-state index in [0.29, 0.717) is 0 Å². The first-order valence-corrected chi connectivity index (χ1v) is 10.8. The van der Waals surface area contributed by atoms with Crippen LogP contribution in [0.5, 0.6) is 0 Å². The fourth-order valence-corrected chi connectivity index (χ4v) is 4.38. The van der Waals surface area contributed by atoms with Crippen LogP contribution in [0.15, 0.2) is 90.8 Å². The zero-order chi connectivity index (χ0) is 20.3. The Morgan fingerprint density at radius 2 is 1.60 bits per heavy atom. The maximum atomic E-state index is 4.74. The lowest BCUT2D eigenvalue weighted by atomic mass is 9.92. The summed E-state index contributed by atoms with van der Waals surface area (Å²) in [6.45, 7) is 5.93. The Bertz CT molecular complexity index is 1080. The molecule has 0 radical (unpaired) electrons. The molecule has 2 aliphatic rings. The standard InChI is InChI=1S/C27H27N3/c1-2-21-10-12-23(13-11-21)18-30-20-24-19-29(17-22-7-4-3-5-8-22)16-14-25(24)26-9-6-15-28-27(26)30/h3-15,20H,2,16-19H2,1H3. The molecule has 3 heteroatoms. The van der Waals surface area contributed by atoms with Crippen LogP contribution in [0.3, 0.4) is 0 Å². The Hall–Kier alpha value is -3.17. The summed E-state index contributed by atoms with van der Waals surface area (Å²) in [4.78, 5) is 9.55. The lowest BCUT2D eigenvalue weighted by Crippen LogP contribution is -2.33. The topological polar surface area (TPSA) is 19.4 Å². The number of pyridine rings is 1. The Morgan fingerprint density at radius 3 is 2.40 bits per heavy atom. The van der Waals surface area contributed by atoms with E-state index in [1.54, 1.807) is 0 Å². The van der Waals surface area contributed by atoms with Gasteiger partial charge >= 0.3 is 0 Å². The number of fused-ring (bicyclic) bond motifs is 3. The molecule has 150 valence electrons. The average molecular weight is 394 g/mol. The monoisotopic (exact) mass is 393 g/mol. The van der Waals surface area contributed by atoms with Gasteiger partial charge in [0.15, 0.2) is 0 Å². The summed E-state index contributed by atoms with van der Waals surface area (Å²) in [5.74, 6) is 1.06. The minimum absolute atomic E-state index is 0.837. The number of hydrogen-bond donors (Lipinski definition) is 0. The van der Waals surface area contributed by atoms with Gasteiger partial charge in [0.1, 0.15) is 5.82 Å². The molecule has 2 aromatic carbocycles. The second kappa shape index (κ2) is 8.29. The third-order valence-electron chi connectivity index (χ3n) is 5.99. The Morgan fingerprint density at radius 1 is 0.833 bits per heavy atom. The van der Waals surface area contributed by atoms with Crippen LogP contribution in [0, 0.1) is 0 Å². The SMILES string of the molecule is CCc1ccc(CN2C=C3CN(Cc4ccccc4)CC=C3c3cccnc32)cc1. The number of benzene rings is 2. The van der Waals surface area contributed by atoms with Gasteiger partial charge in [-0.15, -0.1) is 0 Å². The summed E-state index contributed by atoms with van der Waals surface area (Å²) >= 11 is 0. The van der Waals surface area contributed by atoms with E-state index in [1.807, 2.05) is 12.3 Å². The molecule has 0 bridgehead atoms. The van der Waals surface area contributed by atoms with Crippen molar-refractivity contribution in [3.05, 3.63) is 113 Å². The number of anilines is 1. The molecule has 3 aromatic rings. The van der Waals surface area contributed by atoms with Crippen molar-refractivity contribution in [3.63, 3.8) is 0 Å². The zero-order valence-electron chi connectivity index (χ0n) is 17.5. The summed E-state index contributed by atoms with van der Waals surface area (Å²) in [5, 5.41) is 0. The van der Waals surface area contributed by atoms with Gasteiger partial charge in [-0.3, -0.25) is 4.90 Å². The van der Waals surface area contributed by atoms with Crippen molar-refractivity contribution in [2.45, 2.75) is 26.4 Å². The Labute approximate surface area is 179 Å². The van der Waals surface area contributed by atoms with Crippen LogP contribution in [-0.2, 0) is 19.5 Å². The predicted octanol–water partition coefficient (Wildman–Crippen LogP) is 5.45. The van der Waals surface area contributed by atoms with Gasteiger partial charge in [-0.1, -0.05) is 67.6 Å². The van der Waals surface area contributed by atoms with Crippen LogP contribution in [-0.4, -0.2) is 23.0 Å². The Balaban J connectivity index is 1.43. The zero-order valence-corrected chi connectivity index (χ0v) is 17.5. The summed E-state index contributed by atoms with van der Waals surface area (Å²) in [6.07, 6.45) is 7.65. The fraction of sp³-hybridized carbons (Fsp3) is 0.222. The molecular weight excluding hydrogens is 366 g/mol. The van der Waals surface area contributed by atoms with Gasteiger partial charge < -0.3 is 4.90 Å². The number of hydrogen-bond acceptors (Lipinski definition) is 3. The van der Waals surface area contributed by atoms with Crippen LogP contribution in [0.2, 0.25) is 0 Å². The molecule has 5 rings (SSSR count). The molecule has 0 spiro atoms. The Kier molecular flexibility index (Phi) is 5.20. The highest BCUT2D eigenvalue weighted by atomic mass is 15.2. The van der Waals surface area contributed by atoms with E-state index in [9.17, 15) is 0 Å². The third kappa shape index (κ3) is 3.81. The van der Waals surface area contributed by atoms with E-state index < -0.39 is 0 Å². The molecule has 3 nitrogen and oxygen atoms in total. The first-order valence-electron chi connectivity index (χ1n) is 10.8. The maximum absolute atomic E-state index is 4.74. The molecule has 30 heavy (non-hydrogen) atoms. The van der Waals surface area contributed by atoms with Crippen LogP contribution in [0.4, 0.5) is 5.82 Å². The van der Waals surface area contributed by atoms with Crippen molar-refractivity contribution < 1.29 is 0 Å². The molecule has 0 unspecified atom stereocenters. The second-order valence-electron chi connectivity index (χ2n) is 8.10. The molecule has 0 saturated carbocycles. The molecule has 0 fully saturated rings. The van der Waals surface area contributed by atoms with Crippen molar-refractivity contribution in [2.24, 2.45) is 0 Å². The molecule has 0 aliphatic carbocycles. The molecule has 2 aliphatic heterocycles. The minimum atomic E-state index is 0.837. The van der Waals surface area contributed by atoms with E-state index in [2.05, 4.69) is 89.7 Å². The molecule has 3 heterocycles. The van der Waals surface area contributed by atoms with Gasteiger partial charge in [0, 0.05) is 44.1 Å². The van der Waals surface area contributed by atoms with E-state index in [1.165, 1.54) is 33.4 Å². The van der Waals surface area contributed by atoms with Crippen LogP contribution < -0.4 is 4.90 Å². The van der Waals surface area contributed by atoms with Gasteiger partial charge in [0.25, 0.3) is 0 Å². The summed E-state index contributed by atoms with van der Waals surface area (Å²) in [6, 6.07) is 24.0. The number of aromatic nitrogens is 1. The van der Waals surface area contributed by atoms with Crippen molar-refractivity contribution in [3.8, 4) is 0 Å². The first-order chi connectivity index (χ1) is 14.8. The highest BCUT2D eigenvalue weighted by Crippen LogP contribution is 2.38.